The highest BCUT2D eigenvalue weighted by Crippen LogP contribution is 2.11. The molecule has 0 N–H and O–H groups in total. The average Bonchev–Trinajstić information content (AvgIpc) is 3.22. The van der Waals surface area contributed by atoms with Gasteiger partial charge in [0.25, 0.3) is 0 Å². The number of benzene rings is 4. The predicted molar refractivity (Wildman–Crippen MR) is 215 cm³/mol. The van der Waals surface area contributed by atoms with Crippen LogP contribution in [0.1, 0.15) is 33.6 Å². The van der Waals surface area contributed by atoms with Crippen LogP contribution in [-0.4, -0.2) is 46.5 Å². The van der Waals surface area contributed by atoms with Gasteiger partial charge in [0.2, 0.25) is 0 Å². The van der Waals surface area contributed by atoms with E-state index in [0.717, 1.165) is 0 Å². The minimum absolute atomic E-state index is 0.241. The van der Waals surface area contributed by atoms with Crippen molar-refractivity contribution < 1.29 is 38.6 Å². The molecule has 52 heavy (non-hydrogen) atoms. The van der Waals surface area contributed by atoms with Crippen LogP contribution in [0, 0.1) is 0 Å². The van der Waals surface area contributed by atoms with Gasteiger partial charge in [-0.05, 0) is 23.8 Å². The SMILES string of the molecule is C=C=CCOOC.C=C=COOCC.C=CCC(=O)OC.C=CCC(=O)OC.CC.c1ccc2ccccc2c1.c1ccccc1.c1ccccc1. The van der Waals surface area contributed by atoms with E-state index in [-0.39, 0.29) is 11.9 Å². The highest BCUT2D eigenvalue weighted by Gasteiger charge is 1.91. The summed E-state index contributed by atoms with van der Waals surface area (Å²) in [6.07, 6.45) is 6.50. The minimum Gasteiger partial charge on any atom is -0.469 e. The first kappa shape index (κ1) is 53.1. The Balaban J connectivity index is -0.000000258. The van der Waals surface area contributed by atoms with Gasteiger partial charge in [-0.2, -0.15) is 4.89 Å². The highest BCUT2D eigenvalue weighted by molar-refractivity contribution is 5.82. The molecule has 0 heterocycles. The predicted octanol–water partition coefficient (Wildman–Crippen LogP) is 10.9. The molecular formula is C44H58O8. The molecule has 0 unspecified atom stereocenters. The maximum absolute atomic E-state index is 10.1. The van der Waals surface area contributed by atoms with Crippen LogP contribution in [-0.2, 0) is 38.6 Å². The van der Waals surface area contributed by atoms with Crippen molar-refractivity contribution >= 4 is 22.7 Å². The Bertz CT molecular complexity index is 1230. The maximum Gasteiger partial charge on any atom is 0.309 e. The van der Waals surface area contributed by atoms with E-state index in [4.69, 9.17) is 0 Å². The normalized spacial score (nSPS) is 7.88. The second-order valence-electron chi connectivity index (χ2n) is 8.48. The van der Waals surface area contributed by atoms with Crippen molar-refractivity contribution in [3.63, 3.8) is 0 Å². The first-order chi connectivity index (χ1) is 25.4. The minimum atomic E-state index is -0.241. The summed E-state index contributed by atoms with van der Waals surface area (Å²) in [7, 11) is 4.16. The molecule has 0 aliphatic rings. The van der Waals surface area contributed by atoms with Crippen molar-refractivity contribution in [2.75, 3.05) is 34.5 Å². The number of esters is 2. The van der Waals surface area contributed by atoms with Crippen molar-refractivity contribution in [1.29, 1.82) is 0 Å². The molecule has 0 bridgehead atoms. The van der Waals surface area contributed by atoms with E-state index >= 15 is 0 Å². The number of ether oxygens (including phenoxy) is 2. The van der Waals surface area contributed by atoms with Crippen LogP contribution in [0.15, 0.2) is 184 Å². The lowest BCUT2D eigenvalue weighted by Crippen LogP contribution is -1.95. The van der Waals surface area contributed by atoms with E-state index in [1.807, 2.05) is 93.6 Å². The van der Waals surface area contributed by atoms with Crippen molar-refractivity contribution in [2.24, 2.45) is 0 Å². The van der Waals surface area contributed by atoms with Gasteiger partial charge in [0, 0.05) is 0 Å². The van der Waals surface area contributed by atoms with E-state index in [2.05, 4.69) is 115 Å². The summed E-state index contributed by atoms with van der Waals surface area (Å²) in [4.78, 5) is 37.6. The highest BCUT2D eigenvalue weighted by atomic mass is 17.2. The van der Waals surface area contributed by atoms with Gasteiger partial charge < -0.3 is 14.4 Å². The summed E-state index contributed by atoms with van der Waals surface area (Å²) in [5.74, 6) is -0.481. The third-order valence-corrected chi connectivity index (χ3v) is 4.80. The smallest absolute Gasteiger partial charge is 0.309 e. The first-order valence-electron chi connectivity index (χ1n) is 16.3. The van der Waals surface area contributed by atoms with Crippen LogP contribution >= 0.6 is 0 Å². The Hall–Kier alpha value is -5.72. The second kappa shape index (κ2) is 49.7. The lowest BCUT2D eigenvalue weighted by Gasteiger charge is -1.92. The Morgan fingerprint density at radius 3 is 1.15 bits per heavy atom. The van der Waals surface area contributed by atoms with E-state index in [9.17, 15) is 9.59 Å². The number of carbonyl (C=O) groups is 2. The van der Waals surface area contributed by atoms with Crippen LogP contribution in [0.25, 0.3) is 10.8 Å². The van der Waals surface area contributed by atoms with Gasteiger partial charge in [0.1, 0.15) is 6.61 Å². The zero-order chi connectivity index (χ0) is 39.8. The molecule has 0 fully saturated rings. The number of hydrogen-bond acceptors (Lipinski definition) is 8. The van der Waals surface area contributed by atoms with Gasteiger partial charge in [0.15, 0.2) is 6.26 Å². The monoisotopic (exact) mass is 714 g/mol. The number of methoxy groups -OCH3 is 2. The van der Waals surface area contributed by atoms with Crippen molar-refractivity contribution in [3.05, 3.63) is 184 Å². The van der Waals surface area contributed by atoms with Crippen LogP contribution in [0.3, 0.4) is 0 Å². The lowest BCUT2D eigenvalue weighted by atomic mass is 10.1. The molecule has 0 saturated heterocycles. The third kappa shape index (κ3) is 46.4. The zero-order valence-electron chi connectivity index (χ0n) is 31.8. The van der Waals surface area contributed by atoms with Crippen molar-refractivity contribution in [2.45, 2.75) is 33.6 Å². The fraction of sp³-hybridized carbons (Fsp3) is 0.227. The van der Waals surface area contributed by atoms with Crippen molar-refractivity contribution in [3.8, 4) is 0 Å². The molecule has 4 aromatic rings. The lowest BCUT2D eigenvalue weighted by molar-refractivity contribution is -0.263. The summed E-state index contributed by atoms with van der Waals surface area (Å²) in [5.41, 5.74) is 4.90. The summed E-state index contributed by atoms with van der Waals surface area (Å²) < 4.78 is 8.56. The van der Waals surface area contributed by atoms with Gasteiger partial charge in [-0.1, -0.05) is 166 Å². The number of rotatable bonds is 10. The average molecular weight is 715 g/mol. The van der Waals surface area contributed by atoms with Gasteiger partial charge in [-0.3, -0.25) is 9.59 Å². The summed E-state index contributed by atoms with van der Waals surface area (Å²) >= 11 is 0. The quantitative estimate of drug-likeness (QED) is 0.0305. The Morgan fingerprint density at radius 2 is 0.942 bits per heavy atom. The topological polar surface area (TPSA) is 89.5 Å². The zero-order valence-corrected chi connectivity index (χ0v) is 31.8. The number of carbonyl (C=O) groups excluding carboxylic acids is 2. The maximum atomic E-state index is 10.1. The number of fused-ring (bicyclic) bond motifs is 1. The van der Waals surface area contributed by atoms with Crippen molar-refractivity contribution in [1.82, 2.24) is 0 Å². The molecule has 0 spiro atoms. The molecule has 0 aliphatic heterocycles. The summed E-state index contributed by atoms with van der Waals surface area (Å²) in [6, 6.07) is 40.7. The standard InChI is InChI=1S/C10H8.2C6H6.4C5H8O2.C2H6/c1-2-6-10-8-4-3-7-9(10)5-1;2*1-2-4-6-5-3-1;2*1-3-4-5(6)7-2;1-3-4-5-7-6-2;1-3-5-7-6-4-2;1-2/h1-8H;2*1-6H;2*3H,1,4H2,2H3;4H,1,5H2,2H3;5H,1,4H2,2H3;1-2H3. The molecule has 0 amide bonds. The van der Waals surface area contributed by atoms with Gasteiger partial charge in [0.05, 0.1) is 40.8 Å². The van der Waals surface area contributed by atoms with Crippen LogP contribution < -0.4 is 0 Å². The van der Waals surface area contributed by atoms with E-state index in [1.54, 1.807) is 6.08 Å². The van der Waals surface area contributed by atoms with E-state index in [1.165, 1.54) is 50.5 Å². The molecular weight excluding hydrogens is 656 g/mol. The van der Waals surface area contributed by atoms with Gasteiger partial charge in [-0.15, -0.1) is 18.9 Å². The molecule has 4 aromatic carbocycles. The fourth-order valence-electron chi connectivity index (χ4n) is 2.60. The number of hydrogen-bond donors (Lipinski definition) is 0. The van der Waals surface area contributed by atoms with Gasteiger partial charge in [-0.25, -0.2) is 9.78 Å². The summed E-state index contributed by atoms with van der Waals surface area (Å²) in [6.45, 7) is 20.0. The molecule has 0 aliphatic carbocycles. The third-order valence-electron chi connectivity index (χ3n) is 4.80. The first-order valence-corrected chi connectivity index (χ1v) is 16.3. The largest absolute Gasteiger partial charge is 0.469 e. The van der Waals surface area contributed by atoms with Crippen LogP contribution in [0.5, 0.6) is 0 Å². The van der Waals surface area contributed by atoms with Gasteiger partial charge >= 0.3 is 11.9 Å². The molecule has 4 rings (SSSR count). The van der Waals surface area contributed by atoms with Crippen LogP contribution in [0.2, 0.25) is 0 Å². The Morgan fingerprint density at radius 1 is 0.596 bits per heavy atom. The molecule has 0 saturated carbocycles. The molecule has 0 aromatic heterocycles. The Kier molecular flexibility index (Phi) is 50.7. The summed E-state index contributed by atoms with van der Waals surface area (Å²) in [5, 5.41) is 2.62. The Labute approximate surface area is 312 Å². The molecule has 0 radical (unpaired) electrons. The second-order valence-corrected chi connectivity index (χ2v) is 8.48. The van der Waals surface area contributed by atoms with E-state index < -0.39 is 0 Å². The molecule has 282 valence electrons. The molecule has 8 nitrogen and oxygen atoms in total. The van der Waals surface area contributed by atoms with Crippen LogP contribution in [0.4, 0.5) is 0 Å². The molecule has 8 heteroatoms. The fourth-order valence-corrected chi connectivity index (χ4v) is 2.60. The molecule has 0 atom stereocenters. The van der Waals surface area contributed by atoms with E-state index in [0.29, 0.717) is 26.1 Å².